The second-order valence-corrected chi connectivity index (χ2v) is 16.0. The quantitative estimate of drug-likeness (QED) is 0.0803. The van der Waals surface area contributed by atoms with Crippen LogP contribution in [0, 0.1) is 22.3 Å². The molecule has 2 N–H and O–H groups in total. The molecule has 5 aromatic carbocycles. The Hall–Kier alpha value is -4.67. The van der Waals surface area contributed by atoms with Gasteiger partial charge in [-0.25, -0.2) is 14.6 Å². The summed E-state index contributed by atoms with van der Waals surface area (Å²) in [4.78, 5) is 30.9. The molecule has 0 spiro atoms. The molecule has 1 amide bonds. The lowest BCUT2D eigenvalue weighted by Gasteiger charge is -2.39. The molecule has 11 heteroatoms. The third-order valence-corrected chi connectivity index (χ3v) is 11.3. The lowest BCUT2D eigenvalue weighted by Crippen LogP contribution is -2.44. The number of rotatable bonds is 10. The van der Waals surface area contributed by atoms with E-state index in [1.807, 2.05) is 95.6 Å². The van der Waals surface area contributed by atoms with Crippen molar-refractivity contribution >= 4 is 72.3 Å². The number of nitrogens with zero attached hydrogens (tertiary/aromatic N) is 2. The molecule has 0 aliphatic heterocycles. The van der Waals surface area contributed by atoms with Gasteiger partial charge in [-0.3, -0.25) is 0 Å². The second kappa shape index (κ2) is 17.9. The van der Waals surface area contributed by atoms with E-state index >= 15 is 0 Å². The van der Waals surface area contributed by atoms with Crippen LogP contribution in [0.4, 0.5) is 4.79 Å². The largest absolute Gasteiger partial charge is 0.480 e. The van der Waals surface area contributed by atoms with Crippen LogP contribution in [0.1, 0.15) is 50.6 Å². The van der Waals surface area contributed by atoms with Crippen LogP contribution in [-0.4, -0.2) is 39.4 Å². The molecule has 7 nitrogen and oxygen atoms in total. The molecule has 55 heavy (non-hydrogen) atoms. The number of fused-ring (bicyclic) bond motifs is 3. The van der Waals surface area contributed by atoms with Gasteiger partial charge >= 0.3 is 12.1 Å². The van der Waals surface area contributed by atoms with Crippen molar-refractivity contribution in [1.82, 2.24) is 14.9 Å². The summed E-state index contributed by atoms with van der Waals surface area (Å²) in [5, 5.41) is 19.2. The number of amides is 1. The Bertz CT molecular complexity index is 2290. The lowest BCUT2D eigenvalue weighted by atomic mass is 9.76. The highest BCUT2D eigenvalue weighted by molar-refractivity contribution is 14.2. The molecule has 272 valence electrons. The number of carbonyl (C=O) groups excluding carboxylic acids is 1. The molecule has 0 radical (unpaired) electrons. The summed E-state index contributed by atoms with van der Waals surface area (Å²) in [5.41, 5.74) is 8.35. The number of hydrogen-bond donors (Lipinski definition) is 2. The number of carboxylic acids is 1. The van der Waals surface area contributed by atoms with Crippen LogP contribution in [0.15, 0.2) is 140 Å². The van der Waals surface area contributed by atoms with E-state index in [4.69, 9.17) is 4.74 Å². The highest BCUT2D eigenvalue weighted by Gasteiger charge is 2.40. The fourth-order valence-corrected chi connectivity index (χ4v) is 8.31. The summed E-state index contributed by atoms with van der Waals surface area (Å²) in [6.07, 6.45) is 2.50. The molecule has 1 aromatic heterocycles. The second-order valence-electron chi connectivity index (χ2n) is 12.7. The highest BCUT2D eigenvalue weighted by Crippen LogP contribution is 2.46. The molecule has 0 unspecified atom stereocenters. The van der Waals surface area contributed by atoms with Crippen LogP contribution >= 0.6 is 60.3 Å². The van der Waals surface area contributed by atoms with E-state index in [0.717, 1.165) is 50.1 Å². The summed E-state index contributed by atoms with van der Waals surface area (Å²) in [7, 11) is 2.82. The zero-order chi connectivity index (χ0) is 38.2. The van der Waals surface area contributed by atoms with Crippen LogP contribution in [0.3, 0.4) is 0 Å². The van der Waals surface area contributed by atoms with Crippen LogP contribution in [-0.2, 0) is 21.5 Å². The van der Waals surface area contributed by atoms with E-state index in [1.54, 1.807) is 12.5 Å². The topological polar surface area (TPSA) is 93.5 Å². The van der Waals surface area contributed by atoms with Crippen molar-refractivity contribution < 1.29 is 19.4 Å². The zero-order valence-corrected chi connectivity index (χ0v) is 34.9. The number of hydrogen-bond acceptors (Lipinski definition) is 6. The van der Waals surface area contributed by atoms with Gasteiger partial charge in [0.2, 0.25) is 0 Å². The molecule has 0 bridgehead atoms. The standard InChI is InChI=1S/C44H31I2N3O4S2/c45-54-22-20-30-16-18-36-37-19-17-31(21-23-55-46)25-39(37)40(38(36)24-30)28-53-43(52)48-41(42(50)51)26-35-27-47-29-49(35)44(32-10-4-1-5-11-32,33-12-6-2-7-13-33)34-14-8-3-9-15-34/h1-19,24-25,27,29,40-41H,26,28H2,(H,48,52)(H,50,51)/t41-/m0/s1. The van der Waals surface area contributed by atoms with Crippen LogP contribution in [0.2, 0.25) is 0 Å². The van der Waals surface area contributed by atoms with Crippen molar-refractivity contribution in [2.45, 2.75) is 23.9 Å². The maximum Gasteiger partial charge on any atom is 0.407 e. The number of alkyl carbamates (subject to hydrolysis) is 1. The monoisotopic (exact) mass is 983 g/mol. The van der Waals surface area contributed by atoms with Crippen LogP contribution in [0.5, 0.6) is 0 Å². The van der Waals surface area contributed by atoms with Gasteiger partial charge in [-0.15, -0.1) is 0 Å². The van der Waals surface area contributed by atoms with E-state index in [-0.39, 0.29) is 18.9 Å². The number of benzene rings is 5. The van der Waals surface area contributed by atoms with Crippen molar-refractivity contribution in [3.8, 4) is 33.5 Å². The molecule has 7 rings (SSSR count). The SMILES string of the molecule is O=C(N[C@@H](Cc1cncn1C(c1ccccc1)(c1ccccc1)c1ccccc1)C(=O)O)OCC1c2cc(C#CSI)ccc2-c2ccc(C#CSI)cc21. The van der Waals surface area contributed by atoms with Gasteiger partial charge in [-0.2, -0.15) is 0 Å². The minimum atomic E-state index is -1.31. The predicted octanol–water partition coefficient (Wildman–Crippen LogP) is 10.0. The number of aromatic nitrogens is 2. The molecular formula is C44H31I2N3O4S2. The van der Waals surface area contributed by atoms with Gasteiger partial charge in [0.15, 0.2) is 0 Å². The summed E-state index contributed by atoms with van der Waals surface area (Å²) < 4.78 is 7.88. The van der Waals surface area contributed by atoms with E-state index in [9.17, 15) is 14.7 Å². The van der Waals surface area contributed by atoms with Crippen LogP contribution < -0.4 is 5.32 Å². The molecule has 0 saturated carbocycles. The molecule has 1 atom stereocenters. The first-order valence-corrected chi connectivity index (χ1v) is 23.9. The van der Waals surface area contributed by atoms with Crippen molar-refractivity contribution in [3.05, 3.63) is 185 Å². The first-order chi connectivity index (χ1) is 26.9. The molecule has 1 heterocycles. The minimum Gasteiger partial charge on any atom is -0.480 e. The smallest absolute Gasteiger partial charge is 0.407 e. The van der Waals surface area contributed by atoms with Crippen molar-refractivity contribution in [2.75, 3.05) is 6.61 Å². The maximum absolute atomic E-state index is 13.6. The van der Waals surface area contributed by atoms with Gasteiger partial charge in [-0.05, 0) is 91.6 Å². The number of aliphatic carboxylic acids is 1. The summed E-state index contributed by atoms with van der Waals surface area (Å²) in [5.74, 6) is 4.84. The van der Waals surface area contributed by atoms with Gasteiger partial charge in [-0.1, -0.05) is 115 Å². The fraction of sp³-hybridized carbons (Fsp3) is 0.114. The van der Waals surface area contributed by atoms with E-state index in [0.29, 0.717) is 5.69 Å². The lowest BCUT2D eigenvalue weighted by molar-refractivity contribution is -0.139. The normalized spacial score (nSPS) is 12.3. The van der Waals surface area contributed by atoms with Crippen LogP contribution in [0.25, 0.3) is 11.1 Å². The Morgan fingerprint density at radius 2 is 1.27 bits per heavy atom. The van der Waals surface area contributed by atoms with Crippen molar-refractivity contribution in [1.29, 1.82) is 0 Å². The van der Waals surface area contributed by atoms with Crippen molar-refractivity contribution in [3.63, 3.8) is 0 Å². The molecule has 1 aliphatic rings. The Morgan fingerprint density at radius 3 is 1.73 bits per heavy atom. The molecule has 6 aromatic rings. The number of halogens is 2. The number of imidazole rings is 1. The number of nitrogens with one attached hydrogen (secondary N) is 1. The van der Waals surface area contributed by atoms with Gasteiger partial charge in [0.05, 0.1) is 6.33 Å². The Labute approximate surface area is 352 Å². The summed E-state index contributed by atoms with van der Waals surface area (Å²) in [6.45, 7) is -0.00886. The van der Waals surface area contributed by atoms with E-state index in [2.05, 4.69) is 111 Å². The van der Waals surface area contributed by atoms with E-state index in [1.165, 1.54) is 17.9 Å². The predicted molar refractivity (Wildman–Crippen MR) is 237 cm³/mol. The fourth-order valence-electron chi connectivity index (χ4n) is 7.33. The van der Waals surface area contributed by atoms with Gasteiger partial charge < -0.3 is 19.7 Å². The molecule has 1 aliphatic carbocycles. The van der Waals surface area contributed by atoms with Gasteiger partial charge in [0, 0.05) is 77.8 Å². The average molecular weight is 984 g/mol. The molecule has 0 saturated heterocycles. The van der Waals surface area contributed by atoms with Gasteiger partial charge in [0.1, 0.15) is 18.2 Å². The Balaban J connectivity index is 1.18. The minimum absolute atomic E-state index is 0.00886. The zero-order valence-electron chi connectivity index (χ0n) is 29.0. The number of carboxylic acid groups (broad SMARTS) is 1. The van der Waals surface area contributed by atoms with Crippen molar-refractivity contribution in [2.24, 2.45) is 0 Å². The average Bonchev–Trinajstić information content (AvgIpc) is 3.81. The highest BCUT2D eigenvalue weighted by atomic mass is 127. The Morgan fingerprint density at radius 1 is 0.782 bits per heavy atom. The Kier molecular flexibility index (Phi) is 12.5. The maximum atomic E-state index is 13.6. The number of carbonyl (C=O) groups is 2. The first kappa shape index (κ1) is 38.6. The number of ether oxygens (including phenoxy) is 1. The summed E-state index contributed by atoms with van der Waals surface area (Å²) >= 11 is 4.28. The third kappa shape index (κ3) is 8.17. The van der Waals surface area contributed by atoms with Gasteiger partial charge in [0.25, 0.3) is 0 Å². The first-order valence-electron chi connectivity index (χ1n) is 17.1. The third-order valence-electron chi connectivity index (χ3n) is 9.65. The summed E-state index contributed by atoms with van der Waals surface area (Å²) in [6, 6.07) is 41.0. The molecule has 0 fully saturated rings. The van der Waals surface area contributed by atoms with E-state index < -0.39 is 23.6 Å². The molecular weight excluding hydrogens is 952 g/mol.